The summed E-state index contributed by atoms with van der Waals surface area (Å²) in [5.41, 5.74) is 1.13. The van der Waals surface area contributed by atoms with Crippen molar-refractivity contribution in [3.05, 3.63) is 60.0 Å². The number of benzene rings is 1. The zero-order valence-corrected chi connectivity index (χ0v) is 12.0. The maximum Gasteiger partial charge on any atom is 0.0488 e. The van der Waals surface area contributed by atoms with Crippen LogP contribution < -0.4 is 0 Å². The number of hydrogen-bond donors (Lipinski definition) is 0. The summed E-state index contributed by atoms with van der Waals surface area (Å²) >= 11 is 0. The van der Waals surface area contributed by atoms with Gasteiger partial charge in [-0.25, -0.2) is 0 Å². The molecule has 1 aromatic rings. The fourth-order valence-electron chi connectivity index (χ4n) is 1.13. The lowest BCUT2D eigenvalue weighted by atomic mass is 10.2. The Morgan fingerprint density at radius 3 is 2.76 bits per heavy atom. The van der Waals surface area contributed by atoms with E-state index in [0.717, 1.165) is 11.3 Å². The normalized spacial score (nSPS) is 12.7. The summed E-state index contributed by atoms with van der Waals surface area (Å²) in [6.45, 7) is 3.65. The molecule has 0 heterocycles. The van der Waals surface area contributed by atoms with E-state index in [4.69, 9.17) is 0 Å². The molecule has 1 nitrogen and oxygen atoms in total. The van der Waals surface area contributed by atoms with Crippen molar-refractivity contribution in [2.75, 3.05) is 11.5 Å². The molecule has 0 spiro atoms. The highest BCUT2D eigenvalue weighted by atomic mass is 33.1. The van der Waals surface area contributed by atoms with E-state index in [1.54, 1.807) is 21.6 Å². The van der Waals surface area contributed by atoms with Gasteiger partial charge in [-0.1, -0.05) is 64.1 Å². The van der Waals surface area contributed by atoms with Crippen molar-refractivity contribution in [1.82, 2.24) is 0 Å². The van der Waals surface area contributed by atoms with Crippen LogP contribution in [0.5, 0.6) is 0 Å². The molecule has 0 bridgehead atoms. The molecule has 1 aromatic carbocycles. The summed E-state index contributed by atoms with van der Waals surface area (Å²) in [6, 6.07) is 9.95. The van der Waals surface area contributed by atoms with Crippen molar-refractivity contribution in [2.45, 2.75) is 5.75 Å². The summed E-state index contributed by atoms with van der Waals surface area (Å²) in [4.78, 5) is 0. The summed E-state index contributed by atoms with van der Waals surface area (Å²) in [5, 5.41) is 2.00. The van der Waals surface area contributed by atoms with E-state index < -0.39 is 10.8 Å². The fourth-order valence-corrected chi connectivity index (χ4v) is 3.67. The Kier molecular flexibility index (Phi) is 8.22. The van der Waals surface area contributed by atoms with Gasteiger partial charge < -0.3 is 0 Å². The second-order valence-electron chi connectivity index (χ2n) is 3.28. The van der Waals surface area contributed by atoms with Crippen LogP contribution in [0.2, 0.25) is 0 Å². The smallest absolute Gasteiger partial charge is 0.0488 e. The Labute approximate surface area is 114 Å². The van der Waals surface area contributed by atoms with Crippen molar-refractivity contribution in [2.24, 2.45) is 0 Å². The van der Waals surface area contributed by atoms with Crippen molar-refractivity contribution in [3.8, 4) is 0 Å². The van der Waals surface area contributed by atoms with Crippen LogP contribution in [-0.4, -0.2) is 15.7 Å². The summed E-state index contributed by atoms with van der Waals surface area (Å²) < 4.78 is 11.7. The Hall–Kier alpha value is -0.450. The van der Waals surface area contributed by atoms with E-state index >= 15 is 0 Å². The third-order valence-corrected chi connectivity index (χ3v) is 5.04. The van der Waals surface area contributed by atoms with Gasteiger partial charge in [-0.3, -0.25) is 4.21 Å². The van der Waals surface area contributed by atoms with Crippen LogP contribution in [-0.2, 0) is 16.6 Å². The molecule has 4 heteroatoms. The largest absolute Gasteiger partial charge is 0.259 e. The van der Waals surface area contributed by atoms with E-state index in [0.29, 0.717) is 11.5 Å². The van der Waals surface area contributed by atoms with Crippen LogP contribution in [0.1, 0.15) is 5.56 Å². The van der Waals surface area contributed by atoms with Gasteiger partial charge in [0, 0.05) is 28.1 Å². The first kappa shape index (κ1) is 14.6. The molecule has 1 atom stereocenters. The Bertz CT molecular complexity index is 374. The van der Waals surface area contributed by atoms with Crippen molar-refractivity contribution < 1.29 is 4.21 Å². The average molecular weight is 284 g/mol. The molecular weight excluding hydrogens is 268 g/mol. The van der Waals surface area contributed by atoms with Crippen LogP contribution in [0.4, 0.5) is 0 Å². The lowest BCUT2D eigenvalue weighted by Gasteiger charge is -1.98. The van der Waals surface area contributed by atoms with E-state index in [-0.39, 0.29) is 0 Å². The molecule has 0 saturated carbocycles. The van der Waals surface area contributed by atoms with Gasteiger partial charge in [0.25, 0.3) is 0 Å². The molecule has 0 saturated heterocycles. The second-order valence-corrected chi connectivity index (χ2v) is 7.10. The van der Waals surface area contributed by atoms with Crippen LogP contribution in [0.25, 0.3) is 0 Å². The van der Waals surface area contributed by atoms with Crippen LogP contribution in [0.15, 0.2) is 54.5 Å². The molecule has 1 unspecified atom stereocenters. The first-order chi connectivity index (χ1) is 8.33. The molecule has 0 aliphatic rings. The summed E-state index contributed by atoms with van der Waals surface area (Å²) in [6.07, 6.45) is 3.85. The third kappa shape index (κ3) is 7.47. The van der Waals surface area contributed by atoms with Gasteiger partial charge in [0.05, 0.1) is 0 Å². The summed E-state index contributed by atoms with van der Waals surface area (Å²) in [5.74, 6) is 2.19. The predicted octanol–water partition coefficient (Wildman–Crippen LogP) is 4.02. The first-order valence-corrected chi connectivity index (χ1v) is 9.13. The topological polar surface area (TPSA) is 17.1 Å². The Morgan fingerprint density at radius 2 is 2.06 bits per heavy atom. The molecule has 0 aliphatic heterocycles. The zero-order chi connectivity index (χ0) is 12.3. The average Bonchev–Trinajstić information content (AvgIpc) is 2.35. The summed E-state index contributed by atoms with van der Waals surface area (Å²) in [7, 11) is 2.57. The SMILES string of the molecule is C=CCSS/C=C/CS(=O)Cc1ccccc1. The van der Waals surface area contributed by atoms with Gasteiger partial charge in [-0.15, -0.1) is 6.58 Å². The maximum absolute atomic E-state index is 11.7. The zero-order valence-electron chi connectivity index (χ0n) is 9.58. The molecule has 17 heavy (non-hydrogen) atoms. The number of hydrogen-bond acceptors (Lipinski definition) is 3. The second kappa shape index (κ2) is 9.57. The van der Waals surface area contributed by atoms with Gasteiger partial charge in [-0.05, 0) is 11.0 Å². The van der Waals surface area contributed by atoms with E-state index in [2.05, 4.69) is 6.58 Å². The third-order valence-electron chi connectivity index (χ3n) is 1.86. The quantitative estimate of drug-likeness (QED) is 0.408. The molecule has 92 valence electrons. The molecule has 0 N–H and O–H groups in total. The van der Waals surface area contributed by atoms with Gasteiger partial charge >= 0.3 is 0 Å². The van der Waals surface area contributed by atoms with Crippen LogP contribution in [0.3, 0.4) is 0 Å². The standard InChI is InChI=1S/C13H16OS3/c1-2-9-15-16-10-6-11-17(14)12-13-7-4-3-5-8-13/h2-8,10H,1,9,11-12H2/b10-6+. The molecular formula is C13H16OS3. The number of rotatable bonds is 8. The maximum atomic E-state index is 11.7. The minimum Gasteiger partial charge on any atom is -0.259 e. The minimum atomic E-state index is -0.808. The predicted molar refractivity (Wildman–Crippen MR) is 82.5 cm³/mol. The van der Waals surface area contributed by atoms with Gasteiger partial charge in [0.15, 0.2) is 0 Å². The van der Waals surface area contributed by atoms with E-state index in [9.17, 15) is 4.21 Å². The highest BCUT2D eigenvalue weighted by molar-refractivity contribution is 8.77. The lowest BCUT2D eigenvalue weighted by Crippen LogP contribution is -1.98. The fraction of sp³-hybridized carbons (Fsp3) is 0.231. The molecule has 0 radical (unpaired) electrons. The molecule has 0 fully saturated rings. The van der Waals surface area contributed by atoms with Gasteiger partial charge in [-0.2, -0.15) is 0 Å². The first-order valence-electron chi connectivity index (χ1n) is 5.26. The molecule has 0 aromatic heterocycles. The van der Waals surface area contributed by atoms with Crippen LogP contribution >= 0.6 is 21.6 Å². The Morgan fingerprint density at radius 1 is 1.29 bits per heavy atom. The molecule has 0 amide bonds. The van der Waals surface area contributed by atoms with Crippen molar-refractivity contribution in [1.29, 1.82) is 0 Å². The van der Waals surface area contributed by atoms with Gasteiger partial charge in [0.2, 0.25) is 0 Å². The minimum absolute atomic E-state index is 0.622. The van der Waals surface area contributed by atoms with Crippen molar-refractivity contribution in [3.63, 3.8) is 0 Å². The van der Waals surface area contributed by atoms with E-state index in [1.807, 2.05) is 47.9 Å². The monoisotopic (exact) mass is 284 g/mol. The van der Waals surface area contributed by atoms with E-state index in [1.165, 1.54) is 0 Å². The highest BCUT2D eigenvalue weighted by Crippen LogP contribution is 2.21. The van der Waals surface area contributed by atoms with Crippen molar-refractivity contribution >= 4 is 32.4 Å². The lowest BCUT2D eigenvalue weighted by molar-refractivity contribution is 0.684. The molecule has 0 aliphatic carbocycles. The molecule has 1 rings (SSSR count). The Balaban J connectivity index is 2.19. The van der Waals surface area contributed by atoms with Gasteiger partial charge in [0.1, 0.15) is 0 Å². The van der Waals surface area contributed by atoms with Crippen LogP contribution in [0, 0.1) is 0 Å². The highest BCUT2D eigenvalue weighted by Gasteiger charge is 1.98.